The number of nitrogens with two attached hydrogens (primary N) is 1. The van der Waals surface area contributed by atoms with Crippen molar-refractivity contribution in [1.82, 2.24) is 0 Å². The number of halogens is 5. The molecule has 0 saturated heterocycles. The van der Waals surface area contributed by atoms with Crippen molar-refractivity contribution >= 4 is 11.6 Å². The van der Waals surface area contributed by atoms with Crippen molar-refractivity contribution in [3.63, 3.8) is 0 Å². The first-order valence-electron chi connectivity index (χ1n) is 5.26. The Labute approximate surface area is 111 Å². The lowest BCUT2D eigenvalue weighted by Crippen LogP contribution is -2.17. The van der Waals surface area contributed by atoms with E-state index < -0.39 is 29.3 Å². The van der Waals surface area contributed by atoms with Crippen molar-refractivity contribution in [2.75, 3.05) is 0 Å². The lowest BCUT2D eigenvalue weighted by atomic mass is 9.98. The molecule has 2 aromatic carbocycles. The van der Waals surface area contributed by atoms with Crippen LogP contribution in [0.1, 0.15) is 17.2 Å². The summed E-state index contributed by atoms with van der Waals surface area (Å²) < 4.78 is 53.2. The summed E-state index contributed by atoms with van der Waals surface area (Å²) >= 11 is 5.79. The van der Waals surface area contributed by atoms with Gasteiger partial charge in [0.25, 0.3) is 0 Å². The van der Waals surface area contributed by atoms with Crippen LogP contribution in [-0.4, -0.2) is 0 Å². The highest BCUT2D eigenvalue weighted by molar-refractivity contribution is 6.31. The average Bonchev–Trinajstić information content (AvgIpc) is 2.35. The van der Waals surface area contributed by atoms with Crippen LogP contribution in [0.2, 0.25) is 5.02 Å². The van der Waals surface area contributed by atoms with Crippen LogP contribution < -0.4 is 5.73 Å². The SMILES string of the molecule is NC(c1ccc(F)c(F)c1F)c1c(F)cccc1Cl. The molecule has 1 atom stereocenters. The molecule has 0 bridgehead atoms. The van der Waals surface area contributed by atoms with Crippen LogP contribution in [0.3, 0.4) is 0 Å². The monoisotopic (exact) mass is 289 g/mol. The maximum absolute atomic E-state index is 13.6. The Kier molecular flexibility index (Phi) is 3.78. The third-order valence-electron chi connectivity index (χ3n) is 2.71. The second-order valence-electron chi connectivity index (χ2n) is 3.88. The maximum atomic E-state index is 13.6. The van der Waals surface area contributed by atoms with E-state index in [-0.39, 0.29) is 16.1 Å². The van der Waals surface area contributed by atoms with Gasteiger partial charge in [0.1, 0.15) is 5.82 Å². The molecule has 0 aliphatic rings. The van der Waals surface area contributed by atoms with E-state index in [9.17, 15) is 17.6 Å². The third-order valence-corrected chi connectivity index (χ3v) is 3.04. The predicted molar refractivity (Wildman–Crippen MR) is 63.8 cm³/mol. The van der Waals surface area contributed by atoms with Gasteiger partial charge in [-0.25, -0.2) is 17.6 Å². The number of rotatable bonds is 2. The summed E-state index contributed by atoms with van der Waals surface area (Å²) in [6.07, 6.45) is 0. The molecule has 19 heavy (non-hydrogen) atoms. The normalized spacial score (nSPS) is 12.5. The molecular formula is C13H8ClF4N. The number of hydrogen-bond donors (Lipinski definition) is 1. The molecule has 1 unspecified atom stereocenters. The van der Waals surface area contributed by atoms with Crippen LogP contribution in [0.15, 0.2) is 30.3 Å². The molecule has 6 heteroatoms. The highest BCUT2D eigenvalue weighted by Crippen LogP contribution is 2.31. The van der Waals surface area contributed by atoms with Gasteiger partial charge in [0.2, 0.25) is 0 Å². The molecule has 2 aromatic rings. The van der Waals surface area contributed by atoms with Crippen molar-refractivity contribution in [2.45, 2.75) is 6.04 Å². The zero-order chi connectivity index (χ0) is 14.2. The molecule has 0 aliphatic carbocycles. The van der Waals surface area contributed by atoms with Gasteiger partial charge in [-0.3, -0.25) is 0 Å². The molecule has 2 rings (SSSR count). The Morgan fingerprint density at radius 3 is 2.21 bits per heavy atom. The van der Waals surface area contributed by atoms with E-state index in [1.807, 2.05) is 0 Å². The van der Waals surface area contributed by atoms with E-state index in [0.29, 0.717) is 0 Å². The van der Waals surface area contributed by atoms with Gasteiger partial charge < -0.3 is 5.73 Å². The van der Waals surface area contributed by atoms with E-state index in [0.717, 1.165) is 18.2 Å². The molecule has 0 radical (unpaired) electrons. The van der Waals surface area contributed by atoms with Crippen LogP contribution in [0.25, 0.3) is 0 Å². The van der Waals surface area contributed by atoms with Crippen molar-refractivity contribution in [3.05, 3.63) is 69.8 Å². The number of benzene rings is 2. The van der Waals surface area contributed by atoms with E-state index in [2.05, 4.69) is 0 Å². The largest absolute Gasteiger partial charge is 0.320 e. The fraction of sp³-hybridized carbons (Fsp3) is 0.0769. The van der Waals surface area contributed by atoms with E-state index in [1.54, 1.807) is 0 Å². The summed E-state index contributed by atoms with van der Waals surface area (Å²) in [5.74, 6) is -5.19. The van der Waals surface area contributed by atoms with E-state index in [1.165, 1.54) is 12.1 Å². The first-order valence-corrected chi connectivity index (χ1v) is 5.64. The molecule has 0 heterocycles. The van der Waals surface area contributed by atoms with Crippen LogP contribution in [0.4, 0.5) is 17.6 Å². The first-order chi connectivity index (χ1) is 8.93. The van der Waals surface area contributed by atoms with E-state index >= 15 is 0 Å². The standard InChI is InChI=1S/C13H8ClF4N/c14-7-2-1-3-8(15)10(7)13(19)6-4-5-9(16)12(18)11(6)17/h1-5,13H,19H2. The Hall–Kier alpha value is -1.59. The summed E-state index contributed by atoms with van der Waals surface area (Å²) in [6, 6.07) is 4.18. The Morgan fingerprint density at radius 2 is 1.58 bits per heavy atom. The molecular weight excluding hydrogens is 282 g/mol. The smallest absolute Gasteiger partial charge is 0.194 e. The molecule has 0 fully saturated rings. The minimum absolute atomic E-state index is 0.0170. The summed E-state index contributed by atoms with van der Waals surface area (Å²) in [7, 11) is 0. The highest BCUT2D eigenvalue weighted by atomic mass is 35.5. The third kappa shape index (κ3) is 2.43. The zero-order valence-corrected chi connectivity index (χ0v) is 10.2. The van der Waals surface area contributed by atoms with E-state index in [4.69, 9.17) is 17.3 Å². The average molecular weight is 290 g/mol. The van der Waals surface area contributed by atoms with Crippen molar-refractivity contribution in [2.24, 2.45) is 5.73 Å². The van der Waals surface area contributed by atoms with Crippen molar-refractivity contribution in [3.8, 4) is 0 Å². The molecule has 0 saturated carbocycles. The van der Waals surface area contributed by atoms with Crippen LogP contribution in [0.5, 0.6) is 0 Å². The second-order valence-corrected chi connectivity index (χ2v) is 4.28. The van der Waals surface area contributed by atoms with Gasteiger partial charge in [0.05, 0.1) is 6.04 Å². The molecule has 0 amide bonds. The Bertz CT molecular complexity index is 610. The molecule has 0 aliphatic heterocycles. The quantitative estimate of drug-likeness (QED) is 0.657. The molecule has 100 valence electrons. The topological polar surface area (TPSA) is 26.0 Å². The minimum atomic E-state index is -1.65. The summed E-state index contributed by atoms with van der Waals surface area (Å²) in [6.45, 7) is 0. The fourth-order valence-electron chi connectivity index (χ4n) is 1.74. The van der Waals surface area contributed by atoms with Gasteiger partial charge in [-0.15, -0.1) is 0 Å². The minimum Gasteiger partial charge on any atom is -0.320 e. The maximum Gasteiger partial charge on any atom is 0.194 e. The van der Waals surface area contributed by atoms with Gasteiger partial charge in [-0.2, -0.15) is 0 Å². The lowest BCUT2D eigenvalue weighted by Gasteiger charge is -2.16. The van der Waals surface area contributed by atoms with Gasteiger partial charge in [-0.1, -0.05) is 23.7 Å². The van der Waals surface area contributed by atoms with Crippen LogP contribution >= 0.6 is 11.6 Å². The Balaban J connectivity index is 2.57. The van der Waals surface area contributed by atoms with Gasteiger partial charge in [0, 0.05) is 16.1 Å². The number of hydrogen-bond acceptors (Lipinski definition) is 1. The first kappa shape index (κ1) is 13.8. The second kappa shape index (κ2) is 5.19. The summed E-state index contributed by atoms with van der Waals surface area (Å²) in [4.78, 5) is 0. The summed E-state index contributed by atoms with van der Waals surface area (Å²) in [5.41, 5.74) is 5.14. The zero-order valence-electron chi connectivity index (χ0n) is 9.43. The fourth-order valence-corrected chi connectivity index (χ4v) is 2.02. The molecule has 0 spiro atoms. The van der Waals surface area contributed by atoms with Gasteiger partial charge in [-0.05, 0) is 18.2 Å². The molecule has 0 aromatic heterocycles. The van der Waals surface area contributed by atoms with Crippen LogP contribution in [0, 0.1) is 23.3 Å². The van der Waals surface area contributed by atoms with Crippen molar-refractivity contribution < 1.29 is 17.6 Å². The van der Waals surface area contributed by atoms with Gasteiger partial charge >= 0.3 is 0 Å². The molecule has 2 N–H and O–H groups in total. The highest BCUT2D eigenvalue weighted by Gasteiger charge is 2.23. The lowest BCUT2D eigenvalue weighted by molar-refractivity contribution is 0.437. The Morgan fingerprint density at radius 1 is 0.895 bits per heavy atom. The van der Waals surface area contributed by atoms with Crippen molar-refractivity contribution in [1.29, 1.82) is 0 Å². The predicted octanol–water partition coefficient (Wildman–Crippen LogP) is 3.94. The van der Waals surface area contributed by atoms with Crippen LogP contribution in [-0.2, 0) is 0 Å². The molecule has 1 nitrogen and oxygen atoms in total. The van der Waals surface area contributed by atoms with Gasteiger partial charge in [0.15, 0.2) is 17.5 Å². The summed E-state index contributed by atoms with van der Waals surface area (Å²) in [5, 5.41) is -0.0170.